The quantitative estimate of drug-likeness (QED) is 0.815. The molecule has 1 saturated heterocycles. The van der Waals surface area contributed by atoms with Crippen LogP contribution >= 0.6 is 0 Å². The van der Waals surface area contributed by atoms with Crippen LogP contribution < -0.4 is 16.0 Å². The molecule has 1 aliphatic heterocycles. The minimum atomic E-state index is -0.212. The third kappa shape index (κ3) is 4.72. The fourth-order valence-electron chi connectivity index (χ4n) is 3.12. The number of piperidine rings is 1. The molecular formula is C21H23N3O2. The Morgan fingerprint density at radius 2 is 1.77 bits per heavy atom. The van der Waals surface area contributed by atoms with Crippen LogP contribution in [0.5, 0.6) is 0 Å². The molecule has 0 aromatic heterocycles. The maximum absolute atomic E-state index is 12.1. The highest BCUT2D eigenvalue weighted by Gasteiger charge is 2.23. The highest BCUT2D eigenvalue weighted by atomic mass is 16.1. The van der Waals surface area contributed by atoms with Crippen molar-refractivity contribution in [2.75, 3.05) is 23.3 Å². The van der Waals surface area contributed by atoms with Crippen LogP contribution in [0.4, 0.5) is 11.4 Å². The molecule has 1 heterocycles. The van der Waals surface area contributed by atoms with E-state index in [1.807, 2.05) is 54.6 Å². The predicted octanol–water partition coefficient (Wildman–Crippen LogP) is 3.04. The molecule has 2 aromatic rings. The molecule has 3 rings (SSSR count). The Hall–Kier alpha value is -3.08. The third-order valence-corrected chi connectivity index (χ3v) is 4.60. The van der Waals surface area contributed by atoms with Gasteiger partial charge in [-0.25, -0.2) is 0 Å². The van der Waals surface area contributed by atoms with E-state index in [-0.39, 0.29) is 17.7 Å². The van der Waals surface area contributed by atoms with Crippen molar-refractivity contribution < 1.29 is 9.59 Å². The van der Waals surface area contributed by atoms with Crippen LogP contribution in [-0.2, 0) is 9.59 Å². The third-order valence-electron chi connectivity index (χ3n) is 4.60. The summed E-state index contributed by atoms with van der Waals surface area (Å²) in [6.07, 6.45) is 4.85. The van der Waals surface area contributed by atoms with Crippen molar-refractivity contribution in [2.45, 2.75) is 12.8 Å². The van der Waals surface area contributed by atoms with E-state index in [2.05, 4.69) is 10.2 Å². The van der Waals surface area contributed by atoms with Gasteiger partial charge in [0.1, 0.15) is 0 Å². The van der Waals surface area contributed by atoms with Gasteiger partial charge < -0.3 is 16.0 Å². The number of nitrogens with zero attached hydrogens (tertiary/aromatic N) is 1. The van der Waals surface area contributed by atoms with Gasteiger partial charge in [-0.3, -0.25) is 9.59 Å². The lowest BCUT2D eigenvalue weighted by Gasteiger charge is -2.32. The van der Waals surface area contributed by atoms with E-state index in [0.29, 0.717) is 0 Å². The summed E-state index contributed by atoms with van der Waals surface area (Å²) in [5, 5.41) is 2.89. The number of nitrogens with one attached hydrogen (secondary N) is 1. The number of benzene rings is 2. The Kier molecular flexibility index (Phi) is 5.69. The van der Waals surface area contributed by atoms with Crippen LogP contribution in [0.1, 0.15) is 18.4 Å². The first-order chi connectivity index (χ1) is 12.6. The Balaban J connectivity index is 1.60. The number of hydrogen-bond acceptors (Lipinski definition) is 3. The molecule has 0 unspecified atom stereocenters. The standard InChI is InChI=1S/C21H23N3O2/c22-21(26)17-11-13-24(14-12-17)19-8-4-7-18(15-19)23-20(25)10-9-16-5-2-1-3-6-16/h1-10,15,17H,11-14H2,(H2,22,26)(H,23,25)/b10-9+. The monoisotopic (exact) mass is 349 g/mol. The van der Waals surface area contributed by atoms with E-state index in [1.165, 1.54) is 6.08 Å². The number of rotatable bonds is 5. The fourth-order valence-corrected chi connectivity index (χ4v) is 3.12. The van der Waals surface area contributed by atoms with Crippen LogP contribution in [0.25, 0.3) is 6.08 Å². The molecule has 0 radical (unpaired) electrons. The summed E-state index contributed by atoms with van der Waals surface area (Å²) >= 11 is 0. The van der Waals surface area contributed by atoms with Gasteiger partial charge in [-0.15, -0.1) is 0 Å². The molecule has 0 spiro atoms. The zero-order valence-electron chi connectivity index (χ0n) is 14.6. The molecule has 134 valence electrons. The molecule has 5 heteroatoms. The zero-order valence-corrected chi connectivity index (χ0v) is 14.6. The summed E-state index contributed by atoms with van der Waals surface area (Å²) in [4.78, 5) is 25.6. The number of carbonyl (C=O) groups excluding carboxylic acids is 2. The van der Waals surface area contributed by atoms with Crippen molar-refractivity contribution in [3.8, 4) is 0 Å². The summed E-state index contributed by atoms with van der Waals surface area (Å²) in [7, 11) is 0. The second-order valence-corrected chi connectivity index (χ2v) is 6.45. The average Bonchev–Trinajstić information content (AvgIpc) is 2.67. The molecule has 5 nitrogen and oxygen atoms in total. The summed E-state index contributed by atoms with van der Waals surface area (Å²) in [5.74, 6) is -0.411. The van der Waals surface area contributed by atoms with Gasteiger partial charge >= 0.3 is 0 Å². The van der Waals surface area contributed by atoms with Crippen molar-refractivity contribution in [1.82, 2.24) is 0 Å². The molecule has 0 aliphatic carbocycles. The van der Waals surface area contributed by atoms with E-state index >= 15 is 0 Å². The predicted molar refractivity (Wildman–Crippen MR) is 105 cm³/mol. The first-order valence-electron chi connectivity index (χ1n) is 8.80. The minimum absolute atomic E-state index is 0.0303. The summed E-state index contributed by atoms with van der Waals surface area (Å²) in [6.45, 7) is 1.58. The molecule has 1 aliphatic rings. The molecular weight excluding hydrogens is 326 g/mol. The van der Waals surface area contributed by atoms with Crippen LogP contribution in [0.15, 0.2) is 60.7 Å². The molecule has 0 atom stereocenters. The van der Waals surface area contributed by atoms with Crippen molar-refractivity contribution in [3.05, 3.63) is 66.2 Å². The Morgan fingerprint density at radius 1 is 1.04 bits per heavy atom. The van der Waals surface area contributed by atoms with Crippen molar-refractivity contribution in [1.29, 1.82) is 0 Å². The second-order valence-electron chi connectivity index (χ2n) is 6.45. The van der Waals surface area contributed by atoms with Gasteiger partial charge in [0.05, 0.1) is 0 Å². The second kappa shape index (κ2) is 8.34. The number of primary amides is 1. The Bertz CT molecular complexity index is 794. The van der Waals surface area contributed by atoms with Crippen LogP contribution in [0.3, 0.4) is 0 Å². The molecule has 2 amide bonds. The highest BCUT2D eigenvalue weighted by molar-refractivity contribution is 6.02. The minimum Gasteiger partial charge on any atom is -0.371 e. The van der Waals surface area contributed by atoms with Crippen molar-refractivity contribution >= 4 is 29.3 Å². The largest absolute Gasteiger partial charge is 0.371 e. The van der Waals surface area contributed by atoms with Gasteiger partial charge in [0.25, 0.3) is 0 Å². The van der Waals surface area contributed by atoms with Gasteiger partial charge in [-0.1, -0.05) is 36.4 Å². The average molecular weight is 349 g/mol. The van der Waals surface area contributed by atoms with Gasteiger partial charge in [-0.05, 0) is 42.7 Å². The van der Waals surface area contributed by atoms with E-state index in [0.717, 1.165) is 42.9 Å². The van der Waals surface area contributed by atoms with Gasteiger partial charge in [0.15, 0.2) is 0 Å². The Labute approximate surface area is 153 Å². The van der Waals surface area contributed by atoms with Crippen LogP contribution in [-0.4, -0.2) is 24.9 Å². The maximum atomic E-state index is 12.1. The number of amides is 2. The van der Waals surface area contributed by atoms with E-state index in [4.69, 9.17) is 5.73 Å². The van der Waals surface area contributed by atoms with Gasteiger partial charge in [-0.2, -0.15) is 0 Å². The van der Waals surface area contributed by atoms with Gasteiger partial charge in [0.2, 0.25) is 11.8 Å². The number of nitrogens with two attached hydrogens (primary N) is 1. The normalized spacial score (nSPS) is 15.2. The lowest BCUT2D eigenvalue weighted by molar-refractivity contribution is -0.122. The van der Waals surface area contributed by atoms with Crippen molar-refractivity contribution in [3.63, 3.8) is 0 Å². The number of hydrogen-bond donors (Lipinski definition) is 2. The van der Waals surface area contributed by atoms with E-state index in [1.54, 1.807) is 6.08 Å². The number of anilines is 2. The highest BCUT2D eigenvalue weighted by Crippen LogP contribution is 2.25. The van der Waals surface area contributed by atoms with Gasteiger partial charge in [0, 0.05) is 36.5 Å². The Morgan fingerprint density at radius 3 is 2.46 bits per heavy atom. The summed E-state index contributed by atoms with van der Waals surface area (Å²) in [6, 6.07) is 17.5. The molecule has 3 N–H and O–H groups in total. The fraction of sp³-hybridized carbons (Fsp3) is 0.238. The van der Waals surface area contributed by atoms with Crippen LogP contribution in [0.2, 0.25) is 0 Å². The summed E-state index contributed by atoms with van der Waals surface area (Å²) < 4.78 is 0. The zero-order chi connectivity index (χ0) is 18.4. The first kappa shape index (κ1) is 17.7. The molecule has 2 aromatic carbocycles. The van der Waals surface area contributed by atoms with E-state index < -0.39 is 0 Å². The summed E-state index contributed by atoms with van der Waals surface area (Å²) in [5.41, 5.74) is 8.16. The maximum Gasteiger partial charge on any atom is 0.248 e. The molecule has 1 fully saturated rings. The number of carbonyl (C=O) groups is 2. The smallest absolute Gasteiger partial charge is 0.248 e. The molecule has 0 saturated carbocycles. The topological polar surface area (TPSA) is 75.4 Å². The van der Waals surface area contributed by atoms with Crippen molar-refractivity contribution in [2.24, 2.45) is 11.7 Å². The molecule has 26 heavy (non-hydrogen) atoms. The SMILES string of the molecule is NC(=O)C1CCN(c2cccc(NC(=O)/C=C/c3ccccc3)c2)CC1. The first-order valence-corrected chi connectivity index (χ1v) is 8.80. The lowest BCUT2D eigenvalue weighted by atomic mass is 9.96. The molecule has 0 bridgehead atoms. The lowest BCUT2D eigenvalue weighted by Crippen LogP contribution is -2.38. The van der Waals surface area contributed by atoms with Crippen LogP contribution in [0, 0.1) is 5.92 Å². The van der Waals surface area contributed by atoms with E-state index in [9.17, 15) is 9.59 Å².